The fourth-order valence-electron chi connectivity index (χ4n) is 1.39. The number of carbonyl (C=O) groups excluding carboxylic acids is 1. The molecule has 1 fully saturated rings. The Hall–Kier alpha value is -0.700. The van der Waals surface area contributed by atoms with Gasteiger partial charge in [0, 0.05) is 5.70 Å². The monoisotopic (exact) mass is 167 g/mol. The van der Waals surface area contributed by atoms with Gasteiger partial charge < -0.3 is 5.32 Å². The van der Waals surface area contributed by atoms with Gasteiger partial charge in [-0.1, -0.05) is 6.58 Å². The van der Waals surface area contributed by atoms with Crippen LogP contribution in [0.2, 0.25) is 0 Å². The summed E-state index contributed by atoms with van der Waals surface area (Å²) in [4.78, 5) is 12.5. The first-order valence-corrected chi connectivity index (χ1v) is 4.60. The molecular formula is C8H9NOS. The van der Waals surface area contributed by atoms with E-state index >= 15 is 0 Å². The van der Waals surface area contributed by atoms with Crippen molar-refractivity contribution in [1.82, 2.24) is 5.32 Å². The lowest BCUT2D eigenvalue weighted by Gasteiger charge is -2.17. The quantitative estimate of drug-likeness (QED) is 0.588. The van der Waals surface area contributed by atoms with E-state index in [1.807, 2.05) is 6.08 Å². The summed E-state index contributed by atoms with van der Waals surface area (Å²) in [5.74, 6) is 1.32. The van der Waals surface area contributed by atoms with Gasteiger partial charge in [-0.05, 0) is 23.2 Å². The molecule has 2 aliphatic heterocycles. The molecule has 2 rings (SSSR count). The third-order valence-electron chi connectivity index (χ3n) is 1.94. The summed E-state index contributed by atoms with van der Waals surface area (Å²) in [7, 11) is 0. The molecule has 1 amide bonds. The third-order valence-corrected chi connectivity index (χ3v) is 3.11. The molecule has 0 bridgehead atoms. The van der Waals surface area contributed by atoms with E-state index in [-0.39, 0.29) is 11.8 Å². The topological polar surface area (TPSA) is 29.1 Å². The molecule has 1 N–H and O–H groups in total. The minimum Gasteiger partial charge on any atom is -0.326 e. The molecule has 1 saturated heterocycles. The fraction of sp³-hybridized carbons (Fsp3) is 0.375. The van der Waals surface area contributed by atoms with Gasteiger partial charge in [-0.25, -0.2) is 0 Å². The zero-order chi connectivity index (χ0) is 7.84. The van der Waals surface area contributed by atoms with Crippen molar-refractivity contribution in [1.29, 1.82) is 0 Å². The van der Waals surface area contributed by atoms with Crippen molar-refractivity contribution in [2.24, 2.45) is 5.92 Å². The van der Waals surface area contributed by atoms with Crippen LogP contribution in [0.15, 0.2) is 23.3 Å². The third kappa shape index (κ3) is 1.09. The lowest BCUT2D eigenvalue weighted by molar-refractivity contribution is -0.123. The summed E-state index contributed by atoms with van der Waals surface area (Å²) < 4.78 is 0. The van der Waals surface area contributed by atoms with Crippen LogP contribution in [0.3, 0.4) is 0 Å². The first kappa shape index (κ1) is 6.98. The number of thioether (sulfide) groups is 1. The molecule has 0 saturated carbocycles. The van der Waals surface area contributed by atoms with Crippen molar-refractivity contribution in [3.05, 3.63) is 23.3 Å². The minimum absolute atomic E-state index is 0.123. The van der Waals surface area contributed by atoms with Gasteiger partial charge >= 0.3 is 0 Å². The molecule has 0 spiro atoms. The lowest BCUT2D eigenvalue weighted by atomic mass is 10.0. The highest BCUT2D eigenvalue weighted by Crippen LogP contribution is 2.38. The van der Waals surface area contributed by atoms with Crippen LogP contribution in [0.25, 0.3) is 0 Å². The van der Waals surface area contributed by atoms with Crippen LogP contribution in [0.1, 0.15) is 6.42 Å². The van der Waals surface area contributed by atoms with Gasteiger partial charge in [-0.3, -0.25) is 4.79 Å². The highest BCUT2D eigenvalue weighted by Gasteiger charge is 2.31. The zero-order valence-electron chi connectivity index (χ0n) is 6.09. The average molecular weight is 167 g/mol. The van der Waals surface area contributed by atoms with E-state index in [4.69, 9.17) is 0 Å². The molecule has 58 valence electrons. The smallest absolute Gasteiger partial charge is 0.232 e. The van der Waals surface area contributed by atoms with Crippen LogP contribution in [-0.2, 0) is 4.79 Å². The number of nitrogens with one attached hydrogen (secondary N) is 1. The van der Waals surface area contributed by atoms with Crippen LogP contribution in [0.4, 0.5) is 0 Å². The minimum atomic E-state index is 0.123. The molecule has 1 atom stereocenters. The molecule has 3 heteroatoms. The number of carbonyl (C=O) groups is 1. The molecule has 2 nitrogen and oxygen atoms in total. The molecular weight excluding hydrogens is 158 g/mol. The van der Waals surface area contributed by atoms with E-state index < -0.39 is 0 Å². The fourth-order valence-corrected chi connectivity index (χ4v) is 2.63. The maximum absolute atomic E-state index is 11.3. The number of hydrogen-bond donors (Lipinski definition) is 1. The zero-order valence-corrected chi connectivity index (χ0v) is 6.91. The van der Waals surface area contributed by atoms with Crippen molar-refractivity contribution < 1.29 is 4.79 Å². The van der Waals surface area contributed by atoms with Crippen LogP contribution in [-0.4, -0.2) is 11.7 Å². The van der Waals surface area contributed by atoms with E-state index in [2.05, 4.69) is 11.9 Å². The summed E-state index contributed by atoms with van der Waals surface area (Å²) in [5, 5.41) is 2.73. The van der Waals surface area contributed by atoms with Crippen molar-refractivity contribution in [2.75, 3.05) is 5.75 Å². The van der Waals surface area contributed by atoms with Gasteiger partial charge in [-0.2, -0.15) is 0 Å². The molecule has 1 unspecified atom stereocenters. The van der Waals surface area contributed by atoms with Crippen LogP contribution in [0, 0.1) is 5.92 Å². The SMILES string of the molecule is C=C1C=C2SCCC2C(=O)N1. The summed E-state index contributed by atoms with van der Waals surface area (Å²) >= 11 is 1.77. The Morgan fingerprint density at radius 3 is 3.36 bits per heavy atom. The predicted octanol–water partition coefficient (Wildman–Crippen LogP) is 1.27. The highest BCUT2D eigenvalue weighted by atomic mass is 32.2. The number of rotatable bonds is 0. The molecule has 0 aliphatic carbocycles. The summed E-state index contributed by atoms with van der Waals surface area (Å²) in [6.07, 6.45) is 2.96. The van der Waals surface area contributed by atoms with E-state index in [1.165, 1.54) is 4.91 Å². The van der Waals surface area contributed by atoms with Crippen LogP contribution >= 0.6 is 11.8 Å². The number of allylic oxidation sites excluding steroid dienone is 1. The van der Waals surface area contributed by atoms with Crippen molar-refractivity contribution in [3.63, 3.8) is 0 Å². The maximum atomic E-state index is 11.3. The van der Waals surface area contributed by atoms with Gasteiger partial charge in [0.05, 0.1) is 5.92 Å². The first-order chi connectivity index (χ1) is 5.27. The van der Waals surface area contributed by atoms with Gasteiger partial charge in [0.1, 0.15) is 0 Å². The van der Waals surface area contributed by atoms with E-state index in [0.717, 1.165) is 17.9 Å². The second-order valence-electron chi connectivity index (χ2n) is 2.75. The average Bonchev–Trinajstić information content (AvgIpc) is 2.34. The first-order valence-electron chi connectivity index (χ1n) is 3.61. The second-order valence-corrected chi connectivity index (χ2v) is 3.92. The molecule has 0 radical (unpaired) electrons. The Balaban J connectivity index is 2.34. The Kier molecular flexibility index (Phi) is 1.53. The van der Waals surface area contributed by atoms with Gasteiger partial charge in [0.2, 0.25) is 5.91 Å². The highest BCUT2D eigenvalue weighted by molar-refractivity contribution is 8.03. The van der Waals surface area contributed by atoms with E-state index in [9.17, 15) is 4.79 Å². The van der Waals surface area contributed by atoms with Crippen LogP contribution in [0.5, 0.6) is 0 Å². The Morgan fingerprint density at radius 1 is 1.73 bits per heavy atom. The number of amides is 1. The van der Waals surface area contributed by atoms with Crippen molar-refractivity contribution in [3.8, 4) is 0 Å². The van der Waals surface area contributed by atoms with Gasteiger partial charge in [0.15, 0.2) is 0 Å². The summed E-state index contributed by atoms with van der Waals surface area (Å²) in [6.45, 7) is 3.70. The molecule has 0 aromatic heterocycles. The Morgan fingerprint density at radius 2 is 2.55 bits per heavy atom. The normalized spacial score (nSPS) is 29.5. The summed E-state index contributed by atoms with van der Waals surface area (Å²) in [5.41, 5.74) is 0.732. The maximum Gasteiger partial charge on any atom is 0.232 e. The molecule has 0 aromatic rings. The van der Waals surface area contributed by atoms with E-state index in [0.29, 0.717) is 0 Å². The largest absolute Gasteiger partial charge is 0.326 e. The summed E-state index contributed by atoms with van der Waals surface area (Å²) in [6, 6.07) is 0. The second kappa shape index (κ2) is 2.41. The molecule has 0 aromatic carbocycles. The van der Waals surface area contributed by atoms with Crippen molar-refractivity contribution in [2.45, 2.75) is 6.42 Å². The molecule has 2 heterocycles. The Labute approximate surface area is 69.7 Å². The van der Waals surface area contributed by atoms with Crippen molar-refractivity contribution >= 4 is 17.7 Å². The Bertz CT molecular complexity index is 257. The lowest BCUT2D eigenvalue weighted by Crippen LogP contribution is -2.32. The standard InChI is InChI=1S/C8H9NOS/c1-5-4-7-6(2-3-11-7)8(10)9-5/h4,6H,1-3H2,(H,9,10). The number of fused-ring (bicyclic) bond motifs is 1. The van der Waals surface area contributed by atoms with Gasteiger partial charge in [0.25, 0.3) is 0 Å². The van der Waals surface area contributed by atoms with Gasteiger partial charge in [-0.15, -0.1) is 11.8 Å². The molecule has 2 aliphatic rings. The predicted molar refractivity (Wildman–Crippen MR) is 45.9 cm³/mol. The number of hydrogen-bond acceptors (Lipinski definition) is 2. The van der Waals surface area contributed by atoms with Crippen LogP contribution < -0.4 is 5.32 Å². The van der Waals surface area contributed by atoms with E-state index in [1.54, 1.807) is 11.8 Å². The molecule has 11 heavy (non-hydrogen) atoms.